The molecule has 0 fully saturated rings. The van der Waals surface area contributed by atoms with E-state index in [-0.39, 0.29) is 17.4 Å². The predicted molar refractivity (Wildman–Crippen MR) is 102 cm³/mol. The molecule has 2 rings (SSSR count). The third-order valence-corrected chi connectivity index (χ3v) is 5.51. The Bertz CT molecular complexity index is 1010. The average Bonchev–Trinajstić information content (AvgIpc) is 2.66. The van der Waals surface area contributed by atoms with Crippen LogP contribution in [-0.2, 0) is 31.0 Å². The van der Waals surface area contributed by atoms with E-state index >= 15 is 0 Å². The fraction of sp³-hybridized carbons (Fsp3) is 0.211. The summed E-state index contributed by atoms with van der Waals surface area (Å²) in [5.74, 6) is -0.987. The van der Waals surface area contributed by atoms with Gasteiger partial charge in [0.05, 0.1) is 16.5 Å². The highest BCUT2D eigenvalue weighted by Gasteiger charge is 2.23. The van der Waals surface area contributed by atoms with E-state index in [1.807, 2.05) is 6.07 Å². The normalized spacial score (nSPS) is 10.9. The molecule has 9 heteroatoms. The highest BCUT2D eigenvalue weighted by atomic mass is 32.2. The van der Waals surface area contributed by atoms with Crippen molar-refractivity contribution in [2.24, 2.45) is 0 Å². The molecule has 0 aliphatic carbocycles. The van der Waals surface area contributed by atoms with Crippen molar-refractivity contribution in [3.63, 3.8) is 0 Å². The lowest BCUT2D eigenvalue weighted by molar-refractivity contribution is -0.144. The Hall–Kier alpha value is -3.22. The van der Waals surface area contributed by atoms with Crippen molar-refractivity contribution in [2.75, 3.05) is 18.9 Å². The van der Waals surface area contributed by atoms with E-state index in [0.717, 1.165) is 4.31 Å². The van der Waals surface area contributed by atoms with Gasteiger partial charge in [-0.15, -0.1) is 0 Å². The molecule has 0 saturated carbocycles. The Morgan fingerprint density at radius 3 is 2.46 bits per heavy atom. The van der Waals surface area contributed by atoms with Gasteiger partial charge in [-0.1, -0.05) is 12.1 Å². The molecule has 1 amide bonds. The number of likely N-dealkylation sites (N-methyl/N-ethyl adjacent to an activating group) is 1. The molecule has 0 heterocycles. The largest absolute Gasteiger partial charge is 0.460 e. The summed E-state index contributed by atoms with van der Waals surface area (Å²) in [4.78, 5) is 23.0. The van der Waals surface area contributed by atoms with Gasteiger partial charge in [-0.3, -0.25) is 9.59 Å². The van der Waals surface area contributed by atoms with Gasteiger partial charge in [0.2, 0.25) is 15.9 Å². The minimum atomic E-state index is -3.90. The number of nitrogens with one attached hydrogen (secondary N) is 1. The molecule has 1 N–H and O–H groups in total. The van der Waals surface area contributed by atoms with E-state index in [9.17, 15) is 18.0 Å². The van der Waals surface area contributed by atoms with Gasteiger partial charge < -0.3 is 10.1 Å². The van der Waals surface area contributed by atoms with Crippen LogP contribution >= 0.6 is 0 Å². The quantitative estimate of drug-likeness (QED) is 0.708. The fourth-order valence-corrected chi connectivity index (χ4v) is 3.42. The average molecular weight is 401 g/mol. The number of sulfonamides is 1. The molecule has 8 nitrogen and oxygen atoms in total. The van der Waals surface area contributed by atoms with Gasteiger partial charge in [-0.2, -0.15) is 9.57 Å². The van der Waals surface area contributed by atoms with Crippen LogP contribution in [0.2, 0.25) is 0 Å². The summed E-state index contributed by atoms with van der Waals surface area (Å²) in [6.07, 6.45) is 0. The second-order valence-electron chi connectivity index (χ2n) is 5.94. The van der Waals surface area contributed by atoms with Crippen molar-refractivity contribution in [2.45, 2.75) is 18.4 Å². The number of anilines is 1. The maximum Gasteiger partial charge on any atom is 0.321 e. The van der Waals surface area contributed by atoms with Crippen LogP contribution in [0.15, 0.2) is 53.4 Å². The fourth-order valence-electron chi connectivity index (χ4n) is 2.30. The van der Waals surface area contributed by atoms with Gasteiger partial charge in [-0.05, 0) is 42.0 Å². The van der Waals surface area contributed by atoms with Gasteiger partial charge in [-0.25, -0.2) is 8.42 Å². The maximum absolute atomic E-state index is 12.6. The lowest BCUT2D eigenvalue weighted by atomic mass is 10.1. The van der Waals surface area contributed by atoms with E-state index in [0.29, 0.717) is 16.8 Å². The molecule has 0 spiro atoms. The Morgan fingerprint density at radius 2 is 1.86 bits per heavy atom. The Labute approximate surface area is 163 Å². The summed E-state index contributed by atoms with van der Waals surface area (Å²) in [6.45, 7) is 0.821. The summed E-state index contributed by atoms with van der Waals surface area (Å²) >= 11 is 0. The molecule has 0 aliphatic heterocycles. The number of ether oxygens (including phenoxy) is 1. The summed E-state index contributed by atoms with van der Waals surface area (Å²) < 4.78 is 31.1. The van der Waals surface area contributed by atoms with Gasteiger partial charge in [0.15, 0.2) is 0 Å². The first-order chi connectivity index (χ1) is 13.2. The number of esters is 1. The Balaban J connectivity index is 1.98. The molecule has 0 radical (unpaired) electrons. The van der Waals surface area contributed by atoms with E-state index in [2.05, 4.69) is 5.32 Å². The number of hydrogen-bond donors (Lipinski definition) is 1. The molecular weight excluding hydrogens is 382 g/mol. The van der Waals surface area contributed by atoms with Crippen LogP contribution in [0, 0.1) is 11.3 Å². The molecular formula is C19H19N3O5S. The van der Waals surface area contributed by atoms with Crippen molar-refractivity contribution in [3.8, 4) is 6.07 Å². The number of hydrogen-bond acceptors (Lipinski definition) is 6. The molecule has 0 atom stereocenters. The third-order valence-electron chi connectivity index (χ3n) is 3.69. The van der Waals surface area contributed by atoms with Crippen LogP contribution in [-0.4, -0.2) is 38.2 Å². The Kier molecular flexibility index (Phi) is 6.87. The number of benzene rings is 2. The number of carbonyl (C=O) groups is 2. The zero-order valence-corrected chi connectivity index (χ0v) is 16.2. The van der Waals surface area contributed by atoms with Gasteiger partial charge >= 0.3 is 5.97 Å². The lowest BCUT2D eigenvalue weighted by Crippen LogP contribution is -2.33. The van der Waals surface area contributed by atoms with E-state index in [1.165, 1.54) is 38.2 Å². The van der Waals surface area contributed by atoms with Gasteiger partial charge in [0, 0.05) is 19.7 Å². The van der Waals surface area contributed by atoms with Gasteiger partial charge in [0.25, 0.3) is 0 Å². The molecule has 2 aromatic carbocycles. The zero-order valence-electron chi connectivity index (χ0n) is 15.4. The van der Waals surface area contributed by atoms with Crippen molar-refractivity contribution < 1.29 is 22.7 Å². The van der Waals surface area contributed by atoms with Crippen LogP contribution in [0.3, 0.4) is 0 Å². The predicted octanol–water partition coefficient (Wildman–Crippen LogP) is 1.88. The lowest BCUT2D eigenvalue weighted by Gasteiger charge is -2.17. The molecule has 0 unspecified atom stereocenters. The number of nitrogens with zero attached hydrogens (tertiary/aromatic N) is 2. The smallest absolute Gasteiger partial charge is 0.321 e. The first-order valence-corrected chi connectivity index (χ1v) is 9.65. The monoisotopic (exact) mass is 401 g/mol. The first-order valence-electron chi connectivity index (χ1n) is 8.21. The van der Waals surface area contributed by atoms with Crippen LogP contribution in [0.1, 0.15) is 18.1 Å². The standard InChI is InChI=1S/C19H19N3O5S/c1-14(23)21-17-6-8-18(9-7-17)28(25,26)22(2)12-19(24)27-13-16-5-3-4-15(10-16)11-20/h3-10H,12-13H2,1-2H3,(H,21,23). The van der Waals surface area contributed by atoms with E-state index in [4.69, 9.17) is 10.00 Å². The minimum Gasteiger partial charge on any atom is -0.460 e. The topological polar surface area (TPSA) is 117 Å². The van der Waals surface area contributed by atoms with Crippen LogP contribution in [0.4, 0.5) is 5.69 Å². The van der Waals surface area contributed by atoms with Crippen molar-refractivity contribution in [1.82, 2.24) is 4.31 Å². The van der Waals surface area contributed by atoms with E-state index < -0.39 is 22.5 Å². The highest BCUT2D eigenvalue weighted by molar-refractivity contribution is 7.89. The molecule has 28 heavy (non-hydrogen) atoms. The highest BCUT2D eigenvalue weighted by Crippen LogP contribution is 2.17. The SMILES string of the molecule is CC(=O)Nc1ccc(S(=O)(=O)N(C)CC(=O)OCc2cccc(C#N)c2)cc1. The first kappa shape index (κ1) is 21.1. The number of rotatable bonds is 7. The molecule has 0 saturated heterocycles. The van der Waals surface area contributed by atoms with Crippen LogP contribution in [0.5, 0.6) is 0 Å². The summed E-state index contributed by atoms with van der Waals surface area (Å²) in [5.41, 5.74) is 1.54. The molecule has 0 aromatic heterocycles. The minimum absolute atomic E-state index is 0.0152. The number of amides is 1. The molecule has 0 bridgehead atoms. The van der Waals surface area contributed by atoms with Crippen LogP contribution in [0.25, 0.3) is 0 Å². The Morgan fingerprint density at radius 1 is 1.18 bits per heavy atom. The van der Waals surface area contributed by atoms with Crippen molar-refractivity contribution in [1.29, 1.82) is 5.26 Å². The maximum atomic E-state index is 12.6. The second-order valence-corrected chi connectivity index (χ2v) is 7.98. The van der Waals surface area contributed by atoms with Crippen molar-refractivity contribution >= 4 is 27.6 Å². The van der Waals surface area contributed by atoms with Crippen LogP contribution < -0.4 is 5.32 Å². The zero-order chi connectivity index (χ0) is 20.7. The third kappa shape index (κ3) is 5.64. The summed E-state index contributed by atoms with van der Waals surface area (Å²) in [5, 5.41) is 11.4. The molecule has 0 aliphatic rings. The van der Waals surface area contributed by atoms with Gasteiger partial charge in [0.1, 0.15) is 13.2 Å². The van der Waals surface area contributed by atoms with Crippen molar-refractivity contribution in [3.05, 3.63) is 59.7 Å². The molecule has 2 aromatic rings. The second kappa shape index (κ2) is 9.12. The molecule has 146 valence electrons. The number of carbonyl (C=O) groups excluding carboxylic acids is 2. The summed E-state index contributed by atoms with van der Waals surface area (Å²) in [6, 6.07) is 14.2. The number of nitriles is 1. The van der Waals surface area contributed by atoms with E-state index in [1.54, 1.807) is 24.3 Å². The summed E-state index contributed by atoms with van der Waals surface area (Å²) in [7, 11) is -2.62.